The SMILES string of the molecule is CCOC1CC(Cc2nnc3ccc(C#N)cn23)C1. The summed E-state index contributed by atoms with van der Waals surface area (Å²) in [4.78, 5) is 0. The van der Waals surface area contributed by atoms with Gasteiger partial charge in [-0.1, -0.05) is 0 Å². The molecule has 1 aliphatic rings. The molecule has 5 nitrogen and oxygen atoms in total. The van der Waals surface area contributed by atoms with E-state index in [0.29, 0.717) is 17.6 Å². The van der Waals surface area contributed by atoms with Crippen molar-refractivity contribution in [2.24, 2.45) is 5.92 Å². The van der Waals surface area contributed by atoms with E-state index in [9.17, 15) is 0 Å². The lowest BCUT2D eigenvalue weighted by Gasteiger charge is -2.34. The summed E-state index contributed by atoms with van der Waals surface area (Å²) >= 11 is 0. The van der Waals surface area contributed by atoms with E-state index < -0.39 is 0 Å². The second kappa shape index (κ2) is 4.98. The first-order valence-electron chi connectivity index (χ1n) is 6.65. The fourth-order valence-electron chi connectivity index (χ4n) is 2.61. The van der Waals surface area contributed by atoms with Crippen molar-refractivity contribution in [1.82, 2.24) is 14.6 Å². The molecular formula is C14H16N4O. The topological polar surface area (TPSA) is 63.2 Å². The van der Waals surface area contributed by atoms with Crippen LogP contribution in [-0.4, -0.2) is 27.3 Å². The molecule has 0 N–H and O–H groups in total. The summed E-state index contributed by atoms with van der Waals surface area (Å²) in [6, 6.07) is 5.74. The number of aromatic nitrogens is 3. The van der Waals surface area contributed by atoms with Gasteiger partial charge in [-0.05, 0) is 37.8 Å². The molecule has 0 bridgehead atoms. The minimum atomic E-state index is 0.420. The van der Waals surface area contributed by atoms with Crippen molar-refractivity contribution in [1.29, 1.82) is 5.26 Å². The lowest BCUT2D eigenvalue weighted by Crippen LogP contribution is -2.33. The highest BCUT2D eigenvalue weighted by atomic mass is 16.5. The molecule has 0 radical (unpaired) electrons. The number of nitriles is 1. The summed E-state index contributed by atoms with van der Waals surface area (Å²) in [6.07, 6.45) is 5.33. The Morgan fingerprint density at radius 1 is 1.42 bits per heavy atom. The second-order valence-electron chi connectivity index (χ2n) is 4.99. The first-order chi connectivity index (χ1) is 9.30. The van der Waals surface area contributed by atoms with E-state index in [1.54, 1.807) is 6.07 Å². The molecule has 1 fully saturated rings. The van der Waals surface area contributed by atoms with Crippen molar-refractivity contribution in [2.45, 2.75) is 32.3 Å². The highest BCUT2D eigenvalue weighted by Gasteiger charge is 2.30. The third kappa shape index (κ3) is 2.32. The van der Waals surface area contributed by atoms with E-state index in [1.165, 1.54) is 0 Å². The van der Waals surface area contributed by atoms with Crippen LogP contribution in [0.25, 0.3) is 5.65 Å². The van der Waals surface area contributed by atoms with Crippen LogP contribution in [0, 0.1) is 17.2 Å². The van der Waals surface area contributed by atoms with Crippen LogP contribution >= 0.6 is 0 Å². The molecule has 98 valence electrons. The van der Waals surface area contributed by atoms with Crippen molar-refractivity contribution in [3.05, 3.63) is 29.7 Å². The van der Waals surface area contributed by atoms with Gasteiger partial charge in [0.2, 0.25) is 0 Å². The smallest absolute Gasteiger partial charge is 0.160 e. The minimum Gasteiger partial charge on any atom is -0.378 e. The first-order valence-corrected chi connectivity index (χ1v) is 6.65. The Labute approximate surface area is 111 Å². The van der Waals surface area contributed by atoms with Gasteiger partial charge in [-0.15, -0.1) is 10.2 Å². The zero-order chi connectivity index (χ0) is 13.2. The van der Waals surface area contributed by atoms with Gasteiger partial charge in [0, 0.05) is 19.2 Å². The summed E-state index contributed by atoms with van der Waals surface area (Å²) in [7, 11) is 0. The van der Waals surface area contributed by atoms with E-state index in [-0.39, 0.29) is 0 Å². The molecule has 1 aliphatic carbocycles. The summed E-state index contributed by atoms with van der Waals surface area (Å²) in [5.41, 5.74) is 1.43. The van der Waals surface area contributed by atoms with Gasteiger partial charge in [0.15, 0.2) is 5.65 Å². The number of pyridine rings is 1. The Bertz CT molecular complexity index is 622. The normalized spacial score (nSPS) is 22.1. The van der Waals surface area contributed by atoms with Gasteiger partial charge < -0.3 is 4.74 Å². The summed E-state index contributed by atoms with van der Waals surface area (Å²) in [5.74, 6) is 1.56. The predicted octanol–water partition coefficient (Wildman–Crippen LogP) is 1.96. The molecule has 19 heavy (non-hydrogen) atoms. The third-order valence-corrected chi connectivity index (χ3v) is 3.67. The Kier molecular flexibility index (Phi) is 3.18. The maximum atomic E-state index is 8.94. The maximum absolute atomic E-state index is 8.94. The lowest BCUT2D eigenvalue weighted by atomic mass is 9.80. The maximum Gasteiger partial charge on any atom is 0.160 e. The van der Waals surface area contributed by atoms with Gasteiger partial charge >= 0.3 is 0 Å². The van der Waals surface area contributed by atoms with Crippen molar-refractivity contribution in [3.63, 3.8) is 0 Å². The quantitative estimate of drug-likeness (QED) is 0.838. The van der Waals surface area contributed by atoms with Crippen molar-refractivity contribution in [2.75, 3.05) is 6.61 Å². The molecule has 0 aromatic carbocycles. The standard InChI is InChI=1S/C14H16N4O/c1-2-19-12-5-11(6-12)7-14-17-16-13-4-3-10(8-15)9-18(13)14/h3-4,9,11-12H,2,5-7H2,1H3. The summed E-state index contributed by atoms with van der Waals surface area (Å²) in [5, 5.41) is 17.3. The molecular weight excluding hydrogens is 240 g/mol. The van der Waals surface area contributed by atoms with Crippen LogP contribution < -0.4 is 0 Å². The zero-order valence-electron chi connectivity index (χ0n) is 10.9. The van der Waals surface area contributed by atoms with Crippen LogP contribution in [-0.2, 0) is 11.2 Å². The molecule has 0 atom stereocenters. The van der Waals surface area contributed by atoms with Gasteiger partial charge in [0.25, 0.3) is 0 Å². The molecule has 2 aromatic heterocycles. The van der Waals surface area contributed by atoms with Crippen LogP contribution in [0.2, 0.25) is 0 Å². The van der Waals surface area contributed by atoms with E-state index in [4.69, 9.17) is 10.00 Å². The van der Waals surface area contributed by atoms with Crippen LogP contribution in [0.5, 0.6) is 0 Å². The highest BCUT2D eigenvalue weighted by Crippen LogP contribution is 2.32. The van der Waals surface area contributed by atoms with Crippen molar-refractivity contribution in [3.8, 4) is 6.07 Å². The average molecular weight is 256 g/mol. The average Bonchev–Trinajstić information content (AvgIpc) is 2.78. The number of nitrogens with zero attached hydrogens (tertiary/aromatic N) is 4. The van der Waals surface area contributed by atoms with Gasteiger partial charge in [-0.3, -0.25) is 4.40 Å². The predicted molar refractivity (Wildman–Crippen MR) is 69.5 cm³/mol. The number of rotatable bonds is 4. The highest BCUT2D eigenvalue weighted by molar-refractivity contribution is 5.42. The Balaban J connectivity index is 1.74. The van der Waals surface area contributed by atoms with E-state index in [1.807, 2.05) is 23.6 Å². The van der Waals surface area contributed by atoms with Gasteiger partial charge in [-0.2, -0.15) is 5.26 Å². The van der Waals surface area contributed by atoms with E-state index in [2.05, 4.69) is 16.3 Å². The molecule has 0 spiro atoms. The zero-order valence-corrected chi connectivity index (χ0v) is 10.9. The number of ether oxygens (including phenoxy) is 1. The second-order valence-corrected chi connectivity index (χ2v) is 4.99. The van der Waals surface area contributed by atoms with Crippen LogP contribution in [0.3, 0.4) is 0 Å². The number of fused-ring (bicyclic) bond motifs is 1. The lowest BCUT2D eigenvalue weighted by molar-refractivity contribution is -0.0246. The Morgan fingerprint density at radius 2 is 2.26 bits per heavy atom. The molecule has 0 saturated heterocycles. The Hall–Kier alpha value is -1.93. The van der Waals surface area contributed by atoms with Crippen LogP contribution in [0.4, 0.5) is 0 Å². The summed E-state index contributed by atoms with van der Waals surface area (Å²) in [6.45, 7) is 2.82. The molecule has 2 heterocycles. The Morgan fingerprint density at radius 3 is 3.00 bits per heavy atom. The molecule has 3 rings (SSSR count). The van der Waals surface area contributed by atoms with E-state index in [0.717, 1.165) is 37.3 Å². The van der Waals surface area contributed by atoms with Gasteiger partial charge in [0.1, 0.15) is 11.9 Å². The fraction of sp³-hybridized carbons (Fsp3) is 0.500. The third-order valence-electron chi connectivity index (χ3n) is 3.67. The molecule has 0 amide bonds. The summed E-state index contributed by atoms with van der Waals surface area (Å²) < 4.78 is 7.49. The van der Waals surface area contributed by atoms with Crippen LogP contribution in [0.1, 0.15) is 31.2 Å². The van der Waals surface area contributed by atoms with E-state index >= 15 is 0 Å². The number of hydrogen-bond acceptors (Lipinski definition) is 4. The van der Waals surface area contributed by atoms with Crippen LogP contribution in [0.15, 0.2) is 18.3 Å². The minimum absolute atomic E-state index is 0.420. The van der Waals surface area contributed by atoms with Crippen molar-refractivity contribution >= 4 is 5.65 Å². The molecule has 0 aliphatic heterocycles. The number of hydrogen-bond donors (Lipinski definition) is 0. The van der Waals surface area contributed by atoms with Gasteiger partial charge in [0.05, 0.1) is 11.7 Å². The molecule has 1 saturated carbocycles. The molecule has 2 aromatic rings. The molecule has 5 heteroatoms. The van der Waals surface area contributed by atoms with Gasteiger partial charge in [-0.25, -0.2) is 0 Å². The first kappa shape index (κ1) is 12.1. The monoisotopic (exact) mass is 256 g/mol. The van der Waals surface area contributed by atoms with Crippen molar-refractivity contribution < 1.29 is 4.74 Å². The largest absolute Gasteiger partial charge is 0.378 e. The molecule has 0 unspecified atom stereocenters. The fourth-order valence-corrected chi connectivity index (χ4v) is 2.61.